The van der Waals surface area contributed by atoms with Gasteiger partial charge < -0.3 is 20.3 Å². The number of urea groups is 1. The molecule has 1 atom stereocenters. The van der Waals surface area contributed by atoms with Gasteiger partial charge in [-0.25, -0.2) is 14.8 Å². The summed E-state index contributed by atoms with van der Waals surface area (Å²) >= 11 is 0. The number of amides is 2. The molecule has 2 saturated heterocycles. The number of nitrogens with zero attached hydrogens (tertiary/aromatic N) is 3. The van der Waals surface area contributed by atoms with Gasteiger partial charge in [-0.05, 0) is 69.0 Å². The molecule has 2 aliphatic heterocycles. The molecule has 2 amide bonds. The summed E-state index contributed by atoms with van der Waals surface area (Å²) < 4.78 is 5.23. The molecule has 160 valence electrons. The zero-order valence-corrected chi connectivity index (χ0v) is 17.6. The smallest absolute Gasteiger partial charge is 0.317 e. The normalized spacial score (nSPS) is 19.6. The fraction of sp³-hybridized carbons (Fsp3) is 0.522. The lowest BCUT2D eigenvalue weighted by molar-refractivity contribution is 0.180. The molecular formula is C23H31N5O2. The molecule has 0 radical (unpaired) electrons. The van der Waals surface area contributed by atoms with Gasteiger partial charge in [0.15, 0.2) is 0 Å². The first-order valence-corrected chi connectivity index (χ1v) is 11.0. The average Bonchev–Trinajstić information content (AvgIpc) is 3.33. The molecule has 1 aromatic carbocycles. The summed E-state index contributed by atoms with van der Waals surface area (Å²) in [4.78, 5) is 23.7. The summed E-state index contributed by atoms with van der Waals surface area (Å²) in [6.07, 6.45) is 7.09. The van der Waals surface area contributed by atoms with E-state index in [1.54, 1.807) is 7.11 Å². The Labute approximate surface area is 178 Å². The number of hydrogen-bond donors (Lipinski definition) is 2. The van der Waals surface area contributed by atoms with Gasteiger partial charge in [-0.2, -0.15) is 0 Å². The molecule has 0 aliphatic carbocycles. The maximum absolute atomic E-state index is 12.5. The second-order valence-corrected chi connectivity index (χ2v) is 8.10. The number of hydrogen-bond acceptors (Lipinski definition) is 5. The van der Waals surface area contributed by atoms with E-state index in [2.05, 4.69) is 15.6 Å². The first-order valence-electron chi connectivity index (χ1n) is 11.0. The van der Waals surface area contributed by atoms with Gasteiger partial charge in [-0.1, -0.05) is 0 Å². The van der Waals surface area contributed by atoms with Crippen LogP contribution < -0.4 is 15.4 Å². The highest BCUT2D eigenvalue weighted by Crippen LogP contribution is 2.27. The number of methoxy groups -OCH3 is 1. The maximum atomic E-state index is 12.5. The van der Waals surface area contributed by atoms with E-state index in [9.17, 15) is 4.79 Å². The number of likely N-dealkylation sites (tertiary alicyclic amines) is 1. The standard InChI is InChI=1S/C23H31N5O2/c1-30-20-6-4-17(5-7-20)21-9-14-25-22(27-21)18-10-15-28(16-11-18)23(29)26-13-8-19-3-2-12-24-19/h4-7,9,14,18-19,24H,2-3,8,10-13,15-16H2,1H3,(H,26,29)/t19-/m1/s1. The minimum absolute atomic E-state index is 0.0550. The number of rotatable bonds is 6. The molecule has 7 heteroatoms. The molecule has 1 aromatic heterocycles. The third-order valence-electron chi connectivity index (χ3n) is 6.14. The van der Waals surface area contributed by atoms with Crippen LogP contribution >= 0.6 is 0 Å². The number of carbonyl (C=O) groups excluding carboxylic acids is 1. The van der Waals surface area contributed by atoms with E-state index < -0.39 is 0 Å². The number of carbonyl (C=O) groups is 1. The van der Waals surface area contributed by atoms with Gasteiger partial charge in [0.2, 0.25) is 0 Å². The minimum Gasteiger partial charge on any atom is -0.497 e. The molecule has 2 N–H and O–H groups in total. The Morgan fingerprint density at radius 3 is 2.70 bits per heavy atom. The topological polar surface area (TPSA) is 79.4 Å². The predicted molar refractivity (Wildman–Crippen MR) is 117 cm³/mol. The van der Waals surface area contributed by atoms with Crippen molar-refractivity contribution in [2.24, 2.45) is 0 Å². The summed E-state index contributed by atoms with van der Waals surface area (Å²) in [6.45, 7) is 3.33. The van der Waals surface area contributed by atoms with Gasteiger partial charge in [0, 0.05) is 43.4 Å². The second kappa shape index (κ2) is 9.89. The number of nitrogens with one attached hydrogen (secondary N) is 2. The molecule has 0 bridgehead atoms. The Morgan fingerprint density at radius 1 is 1.20 bits per heavy atom. The molecule has 3 heterocycles. The van der Waals surface area contributed by atoms with E-state index in [1.807, 2.05) is 41.4 Å². The lowest BCUT2D eigenvalue weighted by atomic mass is 9.96. The minimum atomic E-state index is 0.0550. The van der Waals surface area contributed by atoms with Crippen molar-refractivity contribution >= 4 is 6.03 Å². The third-order valence-corrected chi connectivity index (χ3v) is 6.14. The number of piperidine rings is 1. The molecule has 7 nitrogen and oxygen atoms in total. The van der Waals surface area contributed by atoms with E-state index >= 15 is 0 Å². The van der Waals surface area contributed by atoms with Gasteiger partial charge >= 0.3 is 6.03 Å². The van der Waals surface area contributed by atoms with Crippen molar-refractivity contribution in [2.75, 3.05) is 33.3 Å². The molecule has 2 aromatic rings. The Morgan fingerprint density at radius 2 is 2.00 bits per heavy atom. The van der Waals surface area contributed by atoms with Crippen LogP contribution in [0.3, 0.4) is 0 Å². The Bertz CT molecular complexity index is 828. The molecular weight excluding hydrogens is 378 g/mol. The van der Waals surface area contributed by atoms with Crippen molar-refractivity contribution in [1.82, 2.24) is 25.5 Å². The molecule has 0 unspecified atom stereocenters. The summed E-state index contributed by atoms with van der Waals surface area (Å²) in [7, 11) is 1.66. The molecule has 4 rings (SSSR count). The van der Waals surface area contributed by atoms with Crippen molar-refractivity contribution in [3.8, 4) is 17.0 Å². The Hall–Kier alpha value is -2.67. The van der Waals surface area contributed by atoms with Crippen LogP contribution in [-0.4, -0.2) is 60.2 Å². The van der Waals surface area contributed by atoms with E-state index in [0.717, 1.165) is 68.3 Å². The molecule has 0 saturated carbocycles. The van der Waals surface area contributed by atoms with Crippen LogP contribution in [0.5, 0.6) is 5.75 Å². The largest absolute Gasteiger partial charge is 0.497 e. The van der Waals surface area contributed by atoms with Crippen LogP contribution in [0.2, 0.25) is 0 Å². The van der Waals surface area contributed by atoms with Gasteiger partial charge in [0.25, 0.3) is 0 Å². The zero-order valence-electron chi connectivity index (χ0n) is 17.6. The van der Waals surface area contributed by atoms with Gasteiger partial charge in [0.1, 0.15) is 11.6 Å². The molecule has 30 heavy (non-hydrogen) atoms. The van der Waals surface area contributed by atoms with Crippen LogP contribution in [0.25, 0.3) is 11.3 Å². The van der Waals surface area contributed by atoms with Crippen molar-refractivity contribution < 1.29 is 9.53 Å². The summed E-state index contributed by atoms with van der Waals surface area (Å²) in [6, 6.07) is 10.5. The highest BCUT2D eigenvalue weighted by Gasteiger charge is 2.26. The fourth-order valence-electron chi connectivity index (χ4n) is 4.30. The summed E-state index contributed by atoms with van der Waals surface area (Å²) in [5.74, 6) is 1.99. The zero-order chi connectivity index (χ0) is 20.8. The number of ether oxygens (including phenoxy) is 1. The SMILES string of the molecule is COc1ccc(-c2ccnc(C3CCN(C(=O)NCC[C@H]4CCCN4)CC3)n2)cc1. The first-order chi connectivity index (χ1) is 14.7. The average molecular weight is 410 g/mol. The van der Waals surface area contributed by atoms with Crippen LogP contribution in [0.4, 0.5) is 4.79 Å². The molecule has 0 spiro atoms. The van der Waals surface area contributed by atoms with E-state index in [1.165, 1.54) is 12.8 Å². The van der Waals surface area contributed by atoms with E-state index in [4.69, 9.17) is 9.72 Å². The third kappa shape index (κ3) is 5.08. The highest BCUT2D eigenvalue weighted by molar-refractivity contribution is 5.74. The fourth-order valence-corrected chi connectivity index (χ4v) is 4.30. The molecule has 2 aliphatic rings. The number of benzene rings is 1. The van der Waals surface area contributed by atoms with Crippen LogP contribution in [0.1, 0.15) is 43.8 Å². The predicted octanol–water partition coefficient (Wildman–Crippen LogP) is 3.18. The quantitative estimate of drug-likeness (QED) is 0.766. The first kappa shape index (κ1) is 20.6. The second-order valence-electron chi connectivity index (χ2n) is 8.10. The highest BCUT2D eigenvalue weighted by atomic mass is 16.5. The van der Waals surface area contributed by atoms with Crippen molar-refractivity contribution in [3.63, 3.8) is 0 Å². The van der Waals surface area contributed by atoms with Crippen molar-refractivity contribution in [3.05, 3.63) is 42.4 Å². The van der Waals surface area contributed by atoms with Crippen molar-refractivity contribution in [2.45, 2.75) is 44.1 Å². The van der Waals surface area contributed by atoms with E-state index in [-0.39, 0.29) is 11.9 Å². The number of aromatic nitrogens is 2. The summed E-state index contributed by atoms with van der Waals surface area (Å²) in [5, 5.41) is 6.55. The maximum Gasteiger partial charge on any atom is 0.317 e. The van der Waals surface area contributed by atoms with Crippen LogP contribution in [0.15, 0.2) is 36.5 Å². The lowest BCUT2D eigenvalue weighted by Crippen LogP contribution is -2.45. The summed E-state index contributed by atoms with van der Waals surface area (Å²) in [5.41, 5.74) is 1.97. The Kier molecular flexibility index (Phi) is 6.79. The van der Waals surface area contributed by atoms with Gasteiger partial charge in [-0.3, -0.25) is 0 Å². The lowest BCUT2D eigenvalue weighted by Gasteiger charge is -2.31. The van der Waals surface area contributed by atoms with Crippen molar-refractivity contribution in [1.29, 1.82) is 0 Å². The van der Waals surface area contributed by atoms with Crippen LogP contribution in [-0.2, 0) is 0 Å². The van der Waals surface area contributed by atoms with E-state index in [0.29, 0.717) is 6.04 Å². The Balaban J connectivity index is 1.28. The van der Waals surface area contributed by atoms with Gasteiger partial charge in [0.05, 0.1) is 12.8 Å². The monoisotopic (exact) mass is 409 g/mol. The molecule has 2 fully saturated rings. The van der Waals surface area contributed by atoms with Gasteiger partial charge in [-0.15, -0.1) is 0 Å². The van der Waals surface area contributed by atoms with Crippen LogP contribution in [0, 0.1) is 0 Å².